The number of nitrogen functional groups attached to an aromatic ring is 1. The van der Waals surface area contributed by atoms with E-state index in [9.17, 15) is 0 Å². The molecule has 2 rings (SSSR count). The van der Waals surface area contributed by atoms with Crippen LogP contribution in [0.5, 0.6) is 0 Å². The molecular weight excluding hydrogens is 196 g/mol. The van der Waals surface area contributed by atoms with Crippen molar-refractivity contribution in [2.45, 2.75) is 33.1 Å². The van der Waals surface area contributed by atoms with Crippen molar-refractivity contribution in [3.63, 3.8) is 0 Å². The molecule has 1 aliphatic rings. The topological polar surface area (TPSA) is 29.3 Å². The van der Waals surface area contributed by atoms with Gasteiger partial charge in [-0.1, -0.05) is 6.42 Å². The Kier molecular flexibility index (Phi) is 3.37. The highest BCUT2D eigenvalue weighted by molar-refractivity contribution is 5.58. The third-order valence-corrected chi connectivity index (χ3v) is 3.53. The van der Waals surface area contributed by atoms with Crippen LogP contribution in [0.4, 0.5) is 11.4 Å². The first-order chi connectivity index (χ1) is 7.69. The van der Waals surface area contributed by atoms with Crippen LogP contribution >= 0.6 is 0 Å². The molecule has 0 aromatic heterocycles. The van der Waals surface area contributed by atoms with Crippen LogP contribution in [0.2, 0.25) is 0 Å². The van der Waals surface area contributed by atoms with Crippen LogP contribution in [0.15, 0.2) is 18.2 Å². The fourth-order valence-electron chi connectivity index (χ4n) is 2.38. The lowest BCUT2D eigenvalue weighted by Gasteiger charge is -2.33. The lowest BCUT2D eigenvalue weighted by atomic mass is 9.85. The molecule has 1 saturated carbocycles. The SMILES string of the molecule is CCN(CC1CCC1)c1cc(C)cc(N)c1. The van der Waals surface area contributed by atoms with Gasteiger partial charge in [-0.25, -0.2) is 0 Å². The summed E-state index contributed by atoms with van der Waals surface area (Å²) in [5.74, 6) is 0.904. The standard InChI is InChI=1S/C14H22N2/c1-3-16(10-12-5-4-6-12)14-8-11(2)7-13(15)9-14/h7-9,12H,3-6,10,15H2,1-2H3. The van der Waals surface area contributed by atoms with Gasteiger partial charge in [0.15, 0.2) is 0 Å². The molecular formula is C14H22N2. The number of hydrogen-bond acceptors (Lipinski definition) is 2. The highest BCUT2D eigenvalue weighted by atomic mass is 15.1. The van der Waals surface area contributed by atoms with E-state index in [0.29, 0.717) is 0 Å². The van der Waals surface area contributed by atoms with Crippen LogP contribution in [0.1, 0.15) is 31.7 Å². The van der Waals surface area contributed by atoms with Crippen LogP contribution in [0.25, 0.3) is 0 Å². The summed E-state index contributed by atoms with van der Waals surface area (Å²) in [6.45, 7) is 6.59. The van der Waals surface area contributed by atoms with E-state index in [1.807, 2.05) is 6.07 Å². The number of rotatable bonds is 4. The summed E-state index contributed by atoms with van der Waals surface area (Å²) in [6.07, 6.45) is 4.22. The van der Waals surface area contributed by atoms with Gasteiger partial charge < -0.3 is 10.6 Å². The number of nitrogens with two attached hydrogens (primary N) is 1. The second-order valence-electron chi connectivity index (χ2n) is 4.94. The van der Waals surface area contributed by atoms with Gasteiger partial charge in [0.2, 0.25) is 0 Å². The molecule has 0 heterocycles. The molecule has 0 radical (unpaired) electrons. The van der Waals surface area contributed by atoms with Gasteiger partial charge in [0.1, 0.15) is 0 Å². The van der Waals surface area contributed by atoms with Crippen LogP contribution in [-0.2, 0) is 0 Å². The molecule has 0 spiro atoms. The molecule has 2 N–H and O–H groups in total. The molecule has 1 aromatic rings. The van der Waals surface area contributed by atoms with E-state index < -0.39 is 0 Å². The van der Waals surface area contributed by atoms with Crippen molar-refractivity contribution in [3.8, 4) is 0 Å². The molecule has 0 aliphatic heterocycles. The van der Waals surface area contributed by atoms with Crippen LogP contribution in [-0.4, -0.2) is 13.1 Å². The lowest BCUT2D eigenvalue weighted by molar-refractivity contribution is 0.318. The smallest absolute Gasteiger partial charge is 0.0389 e. The largest absolute Gasteiger partial charge is 0.399 e. The molecule has 1 fully saturated rings. The summed E-state index contributed by atoms with van der Waals surface area (Å²) in [5.41, 5.74) is 9.32. The Hall–Kier alpha value is -1.18. The fourth-order valence-corrected chi connectivity index (χ4v) is 2.38. The molecule has 1 aliphatic carbocycles. The predicted molar refractivity (Wildman–Crippen MR) is 70.8 cm³/mol. The predicted octanol–water partition coefficient (Wildman–Crippen LogP) is 3.20. The number of aryl methyl sites for hydroxylation is 1. The monoisotopic (exact) mass is 218 g/mol. The van der Waals surface area contributed by atoms with E-state index in [2.05, 4.69) is 30.9 Å². The van der Waals surface area contributed by atoms with E-state index in [0.717, 1.165) is 18.2 Å². The lowest BCUT2D eigenvalue weighted by Crippen LogP contribution is -2.32. The maximum atomic E-state index is 5.90. The molecule has 0 bridgehead atoms. The number of anilines is 2. The van der Waals surface area contributed by atoms with Crippen molar-refractivity contribution in [1.82, 2.24) is 0 Å². The zero-order valence-corrected chi connectivity index (χ0v) is 10.4. The molecule has 88 valence electrons. The Morgan fingerprint density at radius 1 is 1.31 bits per heavy atom. The third-order valence-electron chi connectivity index (χ3n) is 3.53. The van der Waals surface area contributed by atoms with Crippen molar-refractivity contribution in [2.24, 2.45) is 5.92 Å². The summed E-state index contributed by atoms with van der Waals surface area (Å²) >= 11 is 0. The Labute approximate surface area is 98.4 Å². The molecule has 16 heavy (non-hydrogen) atoms. The highest BCUT2D eigenvalue weighted by Gasteiger charge is 2.20. The van der Waals surface area contributed by atoms with Gasteiger partial charge in [-0.15, -0.1) is 0 Å². The van der Waals surface area contributed by atoms with Crippen molar-refractivity contribution >= 4 is 11.4 Å². The maximum absolute atomic E-state index is 5.90. The van der Waals surface area contributed by atoms with Crippen molar-refractivity contribution in [1.29, 1.82) is 0 Å². The summed E-state index contributed by atoms with van der Waals surface area (Å²) in [7, 11) is 0. The first kappa shape index (κ1) is 11.3. The Balaban J connectivity index is 2.11. The Bertz CT molecular complexity index is 336. The zero-order chi connectivity index (χ0) is 11.5. The van der Waals surface area contributed by atoms with Crippen molar-refractivity contribution in [2.75, 3.05) is 23.7 Å². The van der Waals surface area contributed by atoms with E-state index in [1.54, 1.807) is 0 Å². The summed E-state index contributed by atoms with van der Waals surface area (Å²) < 4.78 is 0. The number of benzene rings is 1. The highest BCUT2D eigenvalue weighted by Crippen LogP contribution is 2.29. The number of nitrogens with zero attached hydrogens (tertiary/aromatic N) is 1. The van der Waals surface area contributed by atoms with Gasteiger partial charge in [0, 0.05) is 24.5 Å². The minimum absolute atomic E-state index is 0.877. The van der Waals surface area contributed by atoms with Crippen LogP contribution < -0.4 is 10.6 Å². The second kappa shape index (κ2) is 4.77. The molecule has 0 amide bonds. The van der Waals surface area contributed by atoms with Gasteiger partial charge in [0.25, 0.3) is 0 Å². The molecule has 2 heteroatoms. The van der Waals surface area contributed by atoms with E-state index in [-0.39, 0.29) is 0 Å². The quantitative estimate of drug-likeness (QED) is 0.786. The first-order valence-corrected chi connectivity index (χ1v) is 6.31. The van der Waals surface area contributed by atoms with E-state index in [1.165, 1.54) is 37.1 Å². The molecule has 0 unspecified atom stereocenters. The van der Waals surface area contributed by atoms with Crippen LogP contribution in [0.3, 0.4) is 0 Å². The van der Waals surface area contributed by atoms with Gasteiger partial charge in [0.05, 0.1) is 0 Å². The second-order valence-corrected chi connectivity index (χ2v) is 4.94. The molecule has 0 atom stereocenters. The van der Waals surface area contributed by atoms with E-state index in [4.69, 9.17) is 5.73 Å². The molecule has 0 saturated heterocycles. The minimum atomic E-state index is 0.877. The Morgan fingerprint density at radius 3 is 2.56 bits per heavy atom. The molecule has 1 aromatic carbocycles. The summed E-state index contributed by atoms with van der Waals surface area (Å²) in [5, 5.41) is 0. The van der Waals surface area contributed by atoms with Crippen molar-refractivity contribution in [3.05, 3.63) is 23.8 Å². The third kappa shape index (κ3) is 2.49. The van der Waals surface area contributed by atoms with Crippen LogP contribution in [0, 0.1) is 12.8 Å². The van der Waals surface area contributed by atoms with E-state index >= 15 is 0 Å². The average molecular weight is 218 g/mol. The van der Waals surface area contributed by atoms with Crippen molar-refractivity contribution < 1.29 is 0 Å². The van der Waals surface area contributed by atoms with Gasteiger partial charge in [-0.3, -0.25) is 0 Å². The van der Waals surface area contributed by atoms with Gasteiger partial charge in [-0.05, 0) is 56.4 Å². The normalized spacial score (nSPS) is 15.9. The van der Waals surface area contributed by atoms with Gasteiger partial charge >= 0.3 is 0 Å². The Morgan fingerprint density at radius 2 is 2.06 bits per heavy atom. The van der Waals surface area contributed by atoms with Gasteiger partial charge in [-0.2, -0.15) is 0 Å². The summed E-state index contributed by atoms with van der Waals surface area (Å²) in [4.78, 5) is 2.45. The molecule has 2 nitrogen and oxygen atoms in total. The number of hydrogen-bond donors (Lipinski definition) is 1. The maximum Gasteiger partial charge on any atom is 0.0389 e. The fraction of sp³-hybridized carbons (Fsp3) is 0.571. The summed E-state index contributed by atoms with van der Waals surface area (Å²) in [6, 6.07) is 6.36. The minimum Gasteiger partial charge on any atom is -0.399 e. The zero-order valence-electron chi connectivity index (χ0n) is 10.4. The average Bonchev–Trinajstić information content (AvgIpc) is 2.14. The first-order valence-electron chi connectivity index (χ1n) is 6.31.